The molecule has 0 aliphatic heterocycles. The second kappa shape index (κ2) is 5.65. The van der Waals surface area contributed by atoms with E-state index in [0.29, 0.717) is 0 Å². The molecule has 0 aliphatic carbocycles. The molecule has 0 amide bonds. The third-order valence-corrected chi connectivity index (χ3v) is 3.89. The van der Waals surface area contributed by atoms with Gasteiger partial charge in [-0.2, -0.15) is 0 Å². The topological polar surface area (TPSA) is 68.2 Å². The summed E-state index contributed by atoms with van der Waals surface area (Å²) < 4.78 is 1.78. The van der Waals surface area contributed by atoms with E-state index in [2.05, 4.69) is 0 Å². The maximum atomic E-state index is 11.5. The van der Waals surface area contributed by atoms with Crippen molar-refractivity contribution in [3.05, 3.63) is 76.2 Å². The lowest BCUT2D eigenvalue weighted by Crippen LogP contribution is -2.07. The average Bonchev–Trinajstić information content (AvgIpc) is 2.51. The molecule has 3 N–H and O–H groups in total. The Labute approximate surface area is 134 Å². The van der Waals surface area contributed by atoms with Gasteiger partial charge in [-0.3, -0.25) is 4.79 Å². The zero-order valence-corrected chi connectivity index (χ0v) is 13.1. The van der Waals surface area contributed by atoms with Gasteiger partial charge in [0.1, 0.15) is 0 Å². The number of hydrogen-bond acceptors (Lipinski definition) is 3. The molecule has 0 radical (unpaired) electrons. The highest BCUT2D eigenvalue weighted by atomic mass is 16.3. The van der Waals surface area contributed by atoms with E-state index in [4.69, 9.17) is 5.73 Å². The summed E-state index contributed by atoms with van der Waals surface area (Å²) in [5, 5.41) is 9.63. The van der Waals surface area contributed by atoms with E-state index in [1.165, 1.54) is 12.3 Å². The molecule has 116 valence electrons. The molecule has 0 aliphatic rings. The number of nitrogen functional groups attached to an aromatic ring is 1. The Bertz CT molecular complexity index is 925. The molecule has 2 aromatic carbocycles. The van der Waals surface area contributed by atoms with E-state index >= 15 is 0 Å². The Balaban J connectivity index is 2.03. The van der Waals surface area contributed by atoms with Crippen LogP contribution in [0.25, 0.3) is 16.8 Å². The smallest absolute Gasteiger partial charge is 0.223 e. The Morgan fingerprint density at radius 2 is 1.70 bits per heavy atom. The van der Waals surface area contributed by atoms with Crippen LogP contribution in [0.1, 0.15) is 11.3 Å². The SMILES string of the molecule is Cc1ccc(-c2ccc(-n3cc(O)c(=O)cc3C)cc2)c(N)c1. The van der Waals surface area contributed by atoms with E-state index in [-0.39, 0.29) is 11.2 Å². The third kappa shape index (κ3) is 2.83. The minimum absolute atomic E-state index is 0.262. The molecule has 0 saturated carbocycles. The van der Waals surface area contributed by atoms with Crippen molar-refractivity contribution in [3.63, 3.8) is 0 Å². The number of nitrogens with two attached hydrogens (primary N) is 1. The molecule has 23 heavy (non-hydrogen) atoms. The van der Waals surface area contributed by atoms with Crippen molar-refractivity contribution in [2.75, 3.05) is 5.73 Å². The molecule has 4 nitrogen and oxygen atoms in total. The van der Waals surface area contributed by atoms with Crippen LogP contribution >= 0.6 is 0 Å². The van der Waals surface area contributed by atoms with E-state index in [0.717, 1.165) is 33.8 Å². The number of nitrogens with zero attached hydrogens (tertiary/aromatic N) is 1. The maximum Gasteiger partial charge on any atom is 0.223 e. The van der Waals surface area contributed by atoms with Gasteiger partial charge in [-0.25, -0.2) is 0 Å². The second-order valence-corrected chi connectivity index (χ2v) is 5.67. The van der Waals surface area contributed by atoms with E-state index in [1.807, 2.05) is 56.3 Å². The summed E-state index contributed by atoms with van der Waals surface area (Å²) in [6.45, 7) is 3.83. The van der Waals surface area contributed by atoms with Crippen molar-refractivity contribution in [2.45, 2.75) is 13.8 Å². The number of aryl methyl sites for hydroxylation is 2. The summed E-state index contributed by atoms with van der Waals surface area (Å²) in [7, 11) is 0. The van der Waals surface area contributed by atoms with Crippen molar-refractivity contribution in [1.29, 1.82) is 0 Å². The second-order valence-electron chi connectivity index (χ2n) is 5.67. The van der Waals surface area contributed by atoms with E-state index in [9.17, 15) is 9.90 Å². The number of anilines is 1. The van der Waals surface area contributed by atoms with Crippen molar-refractivity contribution in [3.8, 4) is 22.6 Å². The largest absolute Gasteiger partial charge is 0.503 e. The van der Waals surface area contributed by atoms with Gasteiger partial charge in [0.15, 0.2) is 5.75 Å². The summed E-state index contributed by atoms with van der Waals surface area (Å²) in [6.07, 6.45) is 1.44. The molecule has 1 heterocycles. The summed E-state index contributed by atoms with van der Waals surface area (Å²) in [5.74, 6) is -0.262. The number of hydrogen-bond donors (Lipinski definition) is 2. The Hall–Kier alpha value is -3.01. The molecule has 0 atom stereocenters. The predicted molar refractivity (Wildman–Crippen MR) is 93.0 cm³/mol. The van der Waals surface area contributed by atoms with Crippen molar-refractivity contribution in [2.24, 2.45) is 0 Å². The van der Waals surface area contributed by atoms with Gasteiger partial charge in [-0.1, -0.05) is 24.3 Å². The summed E-state index contributed by atoms with van der Waals surface area (Å²) in [6, 6.07) is 15.2. The average molecular weight is 306 g/mol. The van der Waals surface area contributed by atoms with Gasteiger partial charge in [0.05, 0.1) is 6.20 Å². The van der Waals surface area contributed by atoms with Crippen LogP contribution in [0.3, 0.4) is 0 Å². The number of pyridine rings is 1. The Morgan fingerprint density at radius 3 is 2.35 bits per heavy atom. The van der Waals surface area contributed by atoms with Crippen molar-refractivity contribution >= 4 is 5.69 Å². The van der Waals surface area contributed by atoms with Crippen LogP contribution in [0.4, 0.5) is 5.69 Å². The standard InChI is InChI=1S/C19H18N2O2/c1-12-3-8-16(17(20)9-12)14-4-6-15(7-5-14)21-11-19(23)18(22)10-13(21)2/h3-11,23H,20H2,1-2H3. The predicted octanol–water partition coefficient (Wildman–Crippen LogP) is 3.41. The van der Waals surface area contributed by atoms with Gasteiger partial charge in [0, 0.05) is 28.7 Å². The van der Waals surface area contributed by atoms with Crippen molar-refractivity contribution < 1.29 is 5.11 Å². The Morgan fingerprint density at radius 1 is 1.00 bits per heavy atom. The molecule has 1 aromatic heterocycles. The van der Waals surface area contributed by atoms with Crippen LogP contribution in [0, 0.1) is 13.8 Å². The quantitative estimate of drug-likeness (QED) is 0.713. The number of aromatic hydroxyl groups is 1. The maximum absolute atomic E-state index is 11.5. The fourth-order valence-corrected chi connectivity index (χ4v) is 2.65. The molecule has 0 spiro atoms. The summed E-state index contributed by atoms with van der Waals surface area (Å²) in [5.41, 5.74) is 11.2. The lowest BCUT2D eigenvalue weighted by Gasteiger charge is -2.12. The zero-order valence-electron chi connectivity index (χ0n) is 13.1. The van der Waals surface area contributed by atoms with Crippen molar-refractivity contribution in [1.82, 2.24) is 4.57 Å². The molecule has 0 fully saturated rings. The van der Waals surface area contributed by atoms with Gasteiger partial charge in [-0.15, -0.1) is 0 Å². The first-order chi connectivity index (χ1) is 11.0. The van der Waals surface area contributed by atoms with Crippen LogP contribution < -0.4 is 11.2 Å². The van der Waals surface area contributed by atoms with Crippen LogP contribution in [-0.2, 0) is 0 Å². The normalized spacial score (nSPS) is 10.7. The monoisotopic (exact) mass is 306 g/mol. The summed E-state index contributed by atoms with van der Waals surface area (Å²) in [4.78, 5) is 11.5. The summed E-state index contributed by atoms with van der Waals surface area (Å²) >= 11 is 0. The lowest BCUT2D eigenvalue weighted by atomic mass is 10.0. The molecule has 0 saturated heterocycles. The number of aromatic nitrogens is 1. The van der Waals surface area contributed by atoms with Gasteiger partial charge in [0.25, 0.3) is 0 Å². The highest BCUT2D eigenvalue weighted by Crippen LogP contribution is 2.27. The third-order valence-electron chi connectivity index (χ3n) is 3.89. The first-order valence-corrected chi connectivity index (χ1v) is 7.35. The zero-order chi connectivity index (χ0) is 16.6. The number of rotatable bonds is 2. The van der Waals surface area contributed by atoms with Gasteiger partial charge < -0.3 is 15.4 Å². The van der Waals surface area contributed by atoms with Gasteiger partial charge >= 0.3 is 0 Å². The fourth-order valence-electron chi connectivity index (χ4n) is 2.65. The van der Waals surface area contributed by atoms with Crippen LogP contribution in [0.2, 0.25) is 0 Å². The highest BCUT2D eigenvalue weighted by Gasteiger charge is 2.06. The van der Waals surface area contributed by atoms with Crippen LogP contribution in [0.5, 0.6) is 5.75 Å². The van der Waals surface area contributed by atoms with Gasteiger partial charge in [0.2, 0.25) is 5.43 Å². The number of benzene rings is 2. The molecule has 3 rings (SSSR count). The molecule has 0 unspecified atom stereocenters. The molecule has 0 bridgehead atoms. The van der Waals surface area contributed by atoms with Gasteiger partial charge in [-0.05, 0) is 43.2 Å². The molecular formula is C19H18N2O2. The lowest BCUT2D eigenvalue weighted by molar-refractivity contribution is 0.465. The molecular weight excluding hydrogens is 288 g/mol. The van der Waals surface area contributed by atoms with E-state index < -0.39 is 0 Å². The highest BCUT2D eigenvalue weighted by molar-refractivity contribution is 5.77. The first kappa shape index (κ1) is 14.9. The Kier molecular flexibility index (Phi) is 3.66. The first-order valence-electron chi connectivity index (χ1n) is 7.35. The fraction of sp³-hybridized carbons (Fsp3) is 0.105. The molecule has 4 heteroatoms. The molecule has 3 aromatic rings. The minimum Gasteiger partial charge on any atom is -0.503 e. The van der Waals surface area contributed by atoms with Crippen LogP contribution in [0.15, 0.2) is 59.5 Å². The minimum atomic E-state index is -0.372. The van der Waals surface area contributed by atoms with E-state index in [1.54, 1.807) is 4.57 Å². The van der Waals surface area contributed by atoms with Crippen LogP contribution in [-0.4, -0.2) is 9.67 Å².